The van der Waals surface area contributed by atoms with Crippen LogP contribution in [0.2, 0.25) is 0 Å². The number of nitrogens with zero attached hydrogens (tertiary/aromatic N) is 2. The van der Waals surface area contributed by atoms with Crippen molar-refractivity contribution in [3.8, 4) is 0 Å². The fourth-order valence-corrected chi connectivity index (χ4v) is 0.448. The second kappa shape index (κ2) is 2.26. The van der Waals surface area contributed by atoms with Crippen molar-refractivity contribution in [3.05, 3.63) is 30.9 Å². The Kier molecular flexibility index (Phi) is 1.44. The van der Waals surface area contributed by atoms with E-state index in [1.54, 1.807) is 0 Å². The van der Waals surface area contributed by atoms with Crippen molar-refractivity contribution in [1.82, 2.24) is 9.97 Å². The number of aliphatic hydroxyl groups is 1. The predicted octanol–water partition coefficient (Wildman–Crippen LogP) is 1.01. The molecule has 0 aliphatic heterocycles. The van der Waals surface area contributed by atoms with Gasteiger partial charge < -0.3 is 5.11 Å². The molecule has 0 aliphatic carbocycles. The molecule has 1 N–H and O–H groups in total. The van der Waals surface area contributed by atoms with Gasteiger partial charge in [-0.15, -0.1) is 0 Å². The Hall–Kier alpha value is -1.38. The molecule has 1 rings (SSSR count). The zero-order valence-electron chi connectivity index (χ0n) is 4.78. The lowest BCUT2D eigenvalue weighted by Crippen LogP contribution is -1.85. The van der Waals surface area contributed by atoms with Crippen LogP contribution in [0.5, 0.6) is 0 Å². The lowest BCUT2D eigenvalue weighted by Gasteiger charge is -1.91. The van der Waals surface area contributed by atoms with Gasteiger partial charge in [0, 0.05) is 12.4 Å². The zero-order valence-corrected chi connectivity index (χ0v) is 4.78. The Morgan fingerprint density at radius 1 is 1.56 bits per heavy atom. The number of rotatable bonds is 1. The number of aromatic nitrogens is 2. The van der Waals surface area contributed by atoms with E-state index in [2.05, 4.69) is 16.5 Å². The molecule has 9 heavy (non-hydrogen) atoms. The maximum Gasteiger partial charge on any atom is 0.135 e. The van der Waals surface area contributed by atoms with Gasteiger partial charge in [-0.05, 0) is 0 Å². The van der Waals surface area contributed by atoms with Gasteiger partial charge >= 0.3 is 0 Å². The van der Waals surface area contributed by atoms with Gasteiger partial charge in [0.1, 0.15) is 11.5 Å². The zero-order chi connectivity index (χ0) is 6.69. The second-order valence-electron chi connectivity index (χ2n) is 1.54. The molecule has 0 radical (unpaired) electrons. The minimum atomic E-state index is -0.0527. The number of hydrogen-bond acceptors (Lipinski definition) is 3. The first-order valence-electron chi connectivity index (χ1n) is 2.45. The van der Waals surface area contributed by atoms with Gasteiger partial charge in [0.15, 0.2) is 0 Å². The molecule has 0 aromatic carbocycles. The SMILES string of the molecule is C=C(O)c1cnccn1. The minimum Gasteiger partial charge on any atom is -0.506 e. The molecule has 0 saturated heterocycles. The van der Waals surface area contributed by atoms with Crippen LogP contribution < -0.4 is 0 Å². The summed E-state index contributed by atoms with van der Waals surface area (Å²) in [5.74, 6) is -0.0527. The molecule has 0 spiro atoms. The molecule has 1 aromatic heterocycles. The van der Waals surface area contributed by atoms with Crippen LogP contribution in [0.4, 0.5) is 0 Å². The highest BCUT2D eigenvalue weighted by Gasteiger charge is 1.92. The number of aliphatic hydroxyl groups excluding tert-OH is 1. The molecule has 0 bridgehead atoms. The molecule has 46 valence electrons. The van der Waals surface area contributed by atoms with Crippen LogP contribution in [-0.2, 0) is 0 Å². The van der Waals surface area contributed by atoms with Crippen LogP contribution in [0.25, 0.3) is 5.76 Å². The summed E-state index contributed by atoms with van der Waals surface area (Å²) in [6.45, 7) is 3.28. The van der Waals surface area contributed by atoms with Crippen molar-refractivity contribution in [1.29, 1.82) is 0 Å². The van der Waals surface area contributed by atoms with E-state index in [1.807, 2.05) is 0 Å². The molecule has 0 atom stereocenters. The Balaban J connectivity index is 2.98. The van der Waals surface area contributed by atoms with Gasteiger partial charge in [-0.2, -0.15) is 0 Å². The molecule has 0 aliphatic rings. The van der Waals surface area contributed by atoms with Crippen molar-refractivity contribution in [2.24, 2.45) is 0 Å². The summed E-state index contributed by atoms with van der Waals surface area (Å²) < 4.78 is 0. The van der Waals surface area contributed by atoms with Gasteiger partial charge in [0.2, 0.25) is 0 Å². The first-order chi connectivity index (χ1) is 4.30. The minimum absolute atomic E-state index is 0.0527. The molecule has 0 unspecified atom stereocenters. The first-order valence-corrected chi connectivity index (χ1v) is 2.45. The maximum atomic E-state index is 8.73. The smallest absolute Gasteiger partial charge is 0.135 e. The van der Waals surface area contributed by atoms with E-state index < -0.39 is 0 Å². The summed E-state index contributed by atoms with van der Waals surface area (Å²) in [6, 6.07) is 0. The highest BCUT2D eigenvalue weighted by atomic mass is 16.3. The Morgan fingerprint density at radius 3 is 2.67 bits per heavy atom. The summed E-state index contributed by atoms with van der Waals surface area (Å²) >= 11 is 0. The van der Waals surface area contributed by atoms with Crippen molar-refractivity contribution < 1.29 is 5.11 Å². The fourth-order valence-electron chi connectivity index (χ4n) is 0.448. The monoisotopic (exact) mass is 122 g/mol. The second-order valence-corrected chi connectivity index (χ2v) is 1.54. The first kappa shape index (κ1) is 5.75. The van der Waals surface area contributed by atoms with Crippen LogP contribution in [0.15, 0.2) is 25.2 Å². The summed E-state index contributed by atoms with van der Waals surface area (Å²) in [5.41, 5.74) is 0.414. The third kappa shape index (κ3) is 1.25. The van der Waals surface area contributed by atoms with E-state index in [4.69, 9.17) is 5.11 Å². The summed E-state index contributed by atoms with van der Waals surface area (Å²) in [7, 11) is 0. The van der Waals surface area contributed by atoms with Crippen LogP contribution in [0.1, 0.15) is 5.69 Å². The molecular formula is C6H6N2O. The summed E-state index contributed by atoms with van der Waals surface area (Å²) in [6.07, 6.45) is 4.48. The predicted molar refractivity (Wildman–Crippen MR) is 33.7 cm³/mol. The highest BCUT2D eigenvalue weighted by Crippen LogP contribution is 1.99. The van der Waals surface area contributed by atoms with Crippen molar-refractivity contribution >= 4 is 5.76 Å². The summed E-state index contributed by atoms with van der Waals surface area (Å²) in [5, 5.41) is 8.73. The van der Waals surface area contributed by atoms with Crippen molar-refractivity contribution in [2.45, 2.75) is 0 Å². The topological polar surface area (TPSA) is 46.0 Å². The van der Waals surface area contributed by atoms with Crippen molar-refractivity contribution in [3.63, 3.8) is 0 Å². The molecule has 0 amide bonds. The lowest BCUT2D eigenvalue weighted by molar-refractivity contribution is 0.510. The highest BCUT2D eigenvalue weighted by molar-refractivity contribution is 5.49. The standard InChI is InChI=1S/C6H6N2O/c1-5(9)6-4-7-2-3-8-6/h2-4,9H,1H2. The third-order valence-electron chi connectivity index (χ3n) is 0.859. The van der Waals surface area contributed by atoms with E-state index >= 15 is 0 Å². The quantitative estimate of drug-likeness (QED) is 0.565. The lowest BCUT2D eigenvalue weighted by atomic mass is 10.4. The van der Waals surface area contributed by atoms with Gasteiger partial charge in [0.05, 0.1) is 6.20 Å². The normalized spacial score (nSPS) is 8.89. The molecular weight excluding hydrogens is 116 g/mol. The van der Waals surface area contributed by atoms with Crippen LogP contribution in [0.3, 0.4) is 0 Å². The van der Waals surface area contributed by atoms with Crippen LogP contribution >= 0.6 is 0 Å². The van der Waals surface area contributed by atoms with E-state index in [9.17, 15) is 0 Å². The molecule has 1 heterocycles. The van der Waals surface area contributed by atoms with E-state index in [1.165, 1.54) is 18.6 Å². The van der Waals surface area contributed by atoms with E-state index in [0.717, 1.165) is 0 Å². The van der Waals surface area contributed by atoms with Gasteiger partial charge in [-0.3, -0.25) is 4.98 Å². The average Bonchev–Trinajstić information content (AvgIpc) is 1.90. The Morgan fingerprint density at radius 2 is 2.33 bits per heavy atom. The Labute approximate surface area is 52.7 Å². The van der Waals surface area contributed by atoms with Gasteiger partial charge in [-0.1, -0.05) is 6.58 Å². The molecule has 1 aromatic rings. The average molecular weight is 122 g/mol. The molecule has 3 nitrogen and oxygen atoms in total. The van der Waals surface area contributed by atoms with E-state index in [0.29, 0.717) is 5.69 Å². The molecule has 0 saturated carbocycles. The molecule has 3 heteroatoms. The summed E-state index contributed by atoms with van der Waals surface area (Å²) in [4.78, 5) is 7.49. The van der Waals surface area contributed by atoms with Crippen molar-refractivity contribution in [2.75, 3.05) is 0 Å². The third-order valence-corrected chi connectivity index (χ3v) is 0.859. The van der Waals surface area contributed by atoms with E-state index in [-0.39, 0.29) is 5.76 Å². The Bertz CT molecular complexity index is 208. The van der Waals surface area contributed by atoms with Gasteiger partial charge in [-0.25, -0.2) is 4.98 Å². The largest absolute Gasteiger partial charge is 0.506 e. The van der Waals surface area contributed by atoms with Crippen LogP contribution in [-0.4, -0.2) is 15.1 Å². The number of hydrogen-bond donors (Lipinski definition) is 1. The maximum absolute atomic E-state index is 8.73. The fraction of sp³-hybridized carbons (Fsp3) is 0. The van der Waals surface area contributed by atoms with Gasteiger partial charge in [0.25, 0.3) is 0 Å². The molecule has 0 fully saturated rings. The van der Waals surface area contributed by atoms with Crippen LogP contribution in [0, 0.1) is 0 Å².